The Morgan fingerprint density at radius 3 is 2.46 bits per heavy atom. The number of carbonyl (C=O) groups excluding carboxylic acids is 1. The van der Waals surface area contributed by atoms with Crippen LogP contribution in [-0.4, -0.2) is 31.1 Å². The third-order valence-corrected chi connectivity index (χ3v) is 2.48. The molecule has 76 valence electrons. The van der Waals surface area contributed by atoms with Gasteiger partial charge in [0, 0.05) is 6.61 Å². The molecular formula is C9H16O4. The molecule has 0 spiro atoms. The van der Waals surface area contributed by atoms with Gasteiger partial charge in [0.2, 0.25) is 0 Å². The van der Waals surface area contributed by atoms with Gasteiger partial charge in [-0.15, -0.1) is 0 Å². The summed E-state index contributed by atoms with van der Waals surface area (Å²) in [6.07, 6.45) is 2.90. The monoisotopic (exact) mass is 188 g/mol. The molecule has 4 nitrogen and oxygen atoms in total. The van der Waals surface area contributed by atoms with Crippen LogP contribution in [0, 0.1) is 5.92 Å². The van der Waals surface area contributed by atoms with E-state index in [1.165, 1.54) is 7.11 Å². The molecule has 0 unspecified atom stereocenters. The normalized spacial score (nSPS) is 28.2. The number of ether oxygens (including phenoxy) is 2. The molecule has 0 radical (unpaired) electrons. The van der Waals surface area contributed by atoms with E-state index in [4.69, 9.17) is 9.84 Å². The molecule has 0 aromatic rings. The highest BCUT2D eigenvalue weighted by Gasteiger charge is 2.23. The number of hydrogen-bond acceptors (Lipinski definition) is 4. The lowest BCUT2D eigenvalue weighted by molar-refractivity contribution is 0.0123. The molecule has 1 rings (SSSR count). The zero-order chi connectivity index (χ0) is 9.68. The van der Waals surface area contributed by atoms with Crippen LogP contribution in [0.4, 0.5) is 4.79 Å². The van der Waals surface area contributed by atoms with Crippen molar-refractivity contribution in [3.05, 3.63) is 0 Å². The Kier molecular flexibility index (Phi) is 4.02. The first kappa shape index (κ1) is 10.3. The van der Waals surface area contributed by atoms with Gasteiger partial charge in [-0.25, -0.2) is 4.79 Å². The summed E-state index contributed by atoms with van der Waals surface area (Å²) < 4.78 is 9.39. The quantitative estimate of drug-likeness (QED) is 0.664. The topological polar surface area (TPSA) is 55.8 Å². The molecule has 1 saturated carbocycles. The van der Waals surface area contributed by atoms with Crippen molar-refractivity contribution >= 4 is 6.16 Å². The van der Waals surface area contributed by atoms with E-state index >= 15 is 0 Å². The largest absolute Gasteiger partial charge is 0.508 e. The summed E-state index contributed by atoms with van der Waals surface area (Å²) >= 11 is 0. The summed E-state index contributed by atoms with van der Waals surface area (Å²) in [5, 5.41) is 8.87. The Morgan fingerprint density at radius 1 is 1.38 bits per heavy atom. The van der Waals surface area contributed by atoms with Crippen LogP contribution >= 0.6 is 0 Å². The minimum absolute atomic E-state index is 0.0183. The predicted molar refractivity (Wildman–Crippen MR) is 46.3 cm³/mol. The third kappa shape index (κ3) is 3.22. The highest BCUT2D eigenvalue weighted by Crippen LogP contribution is 2.25. The van der Waals surface area contributed by atoms with E-state index in [1.54, 1.807) is 0 Å². The molecule has 0 heterocycles. The molecule has 1 aliphatic rings. The van der Waals surface area contributed by atoms with Gasteiger partial charge < -0.3 is 14.6 Å². The van der Waals surface area contributed by atoms with Crippen molar-refractivity contribution in [3.8, 4) is 0 Å². The molecule has 0 saturated heterocycles. The van der Waals surface area contributed by atoms with Gasteiger partial charge in [-0.1, -0.05) is 0 Å². The minimum Gasteiger partial charge on any atom is -0.438 e. The fourth-order valence-electron chi connectivity index (χ4n) is 1.62. The van der Waals surface area contributed by atoms with Gasteiger partial charge in [-0.2, -0.15) is 0 Å². The number of hydrogen-bond donors (Lipinski definition) is 1. The second kappa shape index (κ2) is 5.07. The maximum absolute atomic E-state index is 10.7. The lowest BCUT2D eigenvalue weighted by atomic mass is 9.88. The first-order chi connectivity index (χ1) is 6.26. The van der Waals surface area contributed by atoms with Gasteiger partial charge in [0.1, 0.15) is 6.10 Å². The molecule has 0 bridgehead atoms. The van der Waals surface area contributed by atoms with Gasteiger partial charge in [-0.3, -0.25) is 0 Å². The molecule has 1 fully saturated rings. The molecule has 13 heavy (non-hydrogen) atoms. The van der Waals surface area contributed by atoms with Gasteiger partial charge >= 0.3 is 6.16 Å². The van der Waals surface area contributed by atoms with E-state index in [0.29, 0.717) is 5.92 Å². The third-order valence-electron chi connectivity index (χ3n) is 2.48. The molecule has 0 aromatic carbocycles. The van der Waals surface area contributed by atoms with Gasteiger partial charge in [0.25, 0.3) is 0 Å². The van der Waals surface area contributed by atoms with Crippen LogP contribution < -0.4 is 0 Å². The average Bonchev–Trinajstić information content (AvgIpc) is 2.19. The van der Waals surface area contributed by atoms with Crippen molar-refractivity contribution in [2.24, 2.45) is 5.92 Å². The van der Waals surface area contributed by atoms with Crippen molar-refractivity contribution in [1.29, 1.82) is 0 Å². The Labute approximate surface area is 77.8 Å². The molecule has 0 aliphatic heterocycles. The molecule has 4 heteroatoms. The smallest absolute Gasteiger partial charge is 0.438 e. The zero-order valence-electron chi connectivity index (χ0n) is 7.86. The van der Waals surface area contributed by atoms with Crippen LogP contribution in [0.2, 0.25) is 0 Å². The number of aliphatic hydroxyl groups excluding tert-OH is 1. The van der Waals surface area contributed by atoms with Crippen LogP contribution in [0.3, 0.4) is 0 Å². The highest BCUT2D eigenvalue weighted by molar-refractivity contribution is 5.59. The van der Waals surface area contributed by atoms with E-state index < -0.39 is 6.16 Å². The molecule has 1 N–H and O–H groups in total. The lowest BCUT2D eigenvalue weighted by Crippen LogP contribution is -2.25. The van der Waals surface area contributed by atoms with Crippen LogP contribution in [0.25, 0.3) is 0 Å². The summed E-state index contributed by atoms with van der Waals surface area (Å²) in [6.45, 7) is 0.241. The number of aliphatic hydroxyl groups is 1. The van der Waals surface area contributed by atoms with Crippen molar-refractivity contribution in [1.82, 2.24) is 0 Å². The average molecular weight is 188 g/mol. The summed E-state index contributed by atoms with van der Waals surface area (Å²) in [7, 11) is 1.31. The molecule has 0 atom stereocenters. The minimum atomic E-state index is -0.604. The fraction of sp³-hybridized carbons (Fsp3) is 0.889. The Hall–Kier alpha value is -0.770. The Morgan fingerprint density at radius 2 is 2.00 bits per heavy atom. The molecule has 1 aliphatic carbocycles. The predicted octanol–water partition coefficient (Wildman–Crippen LogP) is 1.32. The number of rotatable bonds is 2. The molecular weight excluding hydrogens is 172 g/mol. The van der Waals surface area contributed by atoms with Crippen molar-refractivity contribution in [2.45, 2.75) is 31.8 Å². The Balaban J connectivity index is 2.21. The summed E-state index contributed by atoms with van der Waals surface area (Å²) in [5.41, 5.74) is 0. The van der Waals surface area contributed by atoms with Gasteiger partial charge in [0.15, 0.2) is 0 Å². The summed E-state index contributed by atoms with van der Waals surface area (Å²) in [6, 6.07) is 0. The lowest BCUT2D eigenvalue weighted by Gasteiger charge is -2.26. The zero-order valence-corrected chi connectivity index (χ0v) is 7.86. The van der Waals surface area contributed by atoms with Gasteiger partial charge in [0.05, 0.1) is 7.11 Å². The van der Waals surface area contributed by atoms with E-state index in [9.17, 15) is 4.79 Å². The van der Waals surface area contributed by atoms with E-state index in [-0.39, 0.29) is 12.7 Å². The Bertz CT molecular complexity index is 161. The highest BCUT2D eigenvalue weighted by atomic mass is 16.7. The van der Waals surface area contributed by atoms with Crippen molar-refractivity contribution in [3.63, 3.8) is 0 Å². The van der Waals surface area contributed by atoms with Gasteiger partial charge in [-0.05, 0) is 31.6 Å². The van der Waals surface area contributed by atoms with Crippen LogP contribution in [0.5, 0.6) is 0 Å². The fourth-order valence-corrected chi connectivity index (χ4v) is 1.62. The maximum Gasteiger partial charge on any atom is 0.508 e. The molecule has 0 aromatic heterocycles. The van der Waals surface area contributed by atoms with E-state index in [0.717, 1.165) is 25.7 Å². The first-order valence-electron chi connectivity index (χ1n) is 4.61. The van der Waals surface area contributed by atoms with Crippen LogP contribution in [-0.2, 0) is 9.47 Å². The standard InChI is InChI=1S/C9H16O4/c1-12-9(11)13-8-4-2-7(6-10)3-5-8/h7-8,10H,2-6H2,1H3. The van der Waals surface area contributed by atoms with E-state index in [1.807, 2.05) is 0 Å². The summed E-state index contributed by atoms with van der Waals surface area (Å²) in [5.74, 6) is 0.387. The van der Waals surface area contributed by atoms with E-state index in [2.05, 4.69) is 4.74 Å². The van der Waals surface area contributed by atoms with Crippen LogP contribution in [0.15, 0.2) is 0 Å². The second-order valence-corrected chi connectivity index (χ2v) is 3.40. The first-order valence-corrected chi connectivity index (χ1v) is 4.61. The number of carbonyl (C=O) groups is 1. The maximum atomic E-state index is 10.7. The van der Waals surface area contributed by atoms with Crippen LogP contribution in [0.1, 0.15) is 25.7 Å². The number of methoxy groups -OCH3 is 1. The SMILES string of the molecule is COC(=O)OC1CCC(CO)CC1. The second-order valence-electron chi connectivity index (χ2n) is 3.40. The van der Waals surface area contributed by atoms with Crippen molar-refractivity contribution in [2.75, 3.05) is 13.7 Å². The molecule has 0 amide bonds. The van der Waals surface area contributed by atoms with Crippen molar-refractivity contribution < 1.29 is 19.4 Å². The summed E-state index contributed by atoms with van der Waals surface area (Å²) in [4.78, 5) is 10.7.